The Bertz CT molecular complexity index is 1010. The van der Waals surface area contributed by atoms with E-state index in [9.17, 15) is 4.79 Å². The minimum absolute atomic E-state index is 0.0370. The summed E-state index contributed by atoms with van der Waals surface area (Å²) in [5, 5.41) is 0. The molecular formula is C24H22N2O3. The molecule has 0 spiro atoms. The van der Waals surface area contributed by atoms with Crippen LogP contribution in [0.5, 0.6) is 11.5 Å². The molecule has 3 aromatic rings. The van der Waals surface area contributed by atoms with E-state index in [0.717, 1.165) is 35.6 Å². The van der Waals surface area contributed by atoms with Crippen LogP contribution in [0.4, 0.5) is 0 Å². The zero-order chi connectivity index (χ0) is 19.6. The van der Waals surface area contributed by atoms with Gasteiger partial charge >= 0.3 is 0 Å². The van der Waals surface area contributed by atoms with Crippen molar-refractivity contribution in [2.45, 2.75) is 25.9 Å². The summed E-state index contributed by atoms with van der Waals surface area (Å²) in [7, 11) is 0. The molecule has 0 unspecified atom stereocenters. The number of hydrogen-bond acceptors (Lipinski definition) is 4. The lowest BCUT2D eigenvalue weighted by molar-refractivity contribution is -0.136. The van der Waals surface area contributed by atoms with Gasteiger partial charge < -0.3 is 14.4 Å². The first-order chi connectivity index (χ1) is 14.3. The van der Waals surface area contributed by atoms with Crippen LogP contribution in [0.25, 0.3) is 0 Å². The molecule has 5 rings (SSSR count). The van der Waals surface area contributed by atoms with Crippen LogP contribution in [-0.2, 0) is 30.7 Å². The lowest BCUT2D eigenvalue weighted by Gasteiger charge is -2.26. The molecule has 0 fully saturated rings. The van der Waals surface area contributed by atoms with Crippen LogP contribution < -0.4 is 9.47 Å². The zero-order valence-electron chi connectivity index (χ0n) is 16.1. The van der Waals surface area contributed by atoms with E-state index in [2.05, 4.69) is 17.1 Å². The largest absolute Gasteiger partial charge is 0.454 e. The standard InChI is InChI=1S/C24H22N2O3/c27-24(20-12-17-6-1-2-7-18(17)13-20)26(15-21-9-3-4-11-25-21)14-19-8-5-10-22-23(19)29-16-28-22/h1-11,20H,12-16H2. The lowest BCUT2D eigenvalue weighted by Crippen LogP contribution is -2.36. The van der Waals surface area contributed by atoms with Gasteiger partial charge in [-0.05, 0) is 42.2 Å². The van der Waals surface area contributed by atoms with Gasteiger partial charge in [0.15, 0.2) is 11.5 Å². The number of aromatic nitrogens is 1. The van der Waals surface area contributed by atoms with Gasteiger partial charge in [-0.1, -0.05) is 42.5 Å². The van der Waals surface area contributed by atoms with Crippen molar-refractivity contribution < 1.29 is 14.3 Å². The van der Waals surface area contributed by atoms with Crippen molar-refractivity contribution in [3.05, 3.63) is 89.2 Å². The van der Waals surface area contributed by atoms with Gasteiger partial charge in [-0.2, -0.15) is 0 Å². The van der Waals surface area contributed by atoms with E-state index in [1.165, 1.54) is 11.1 Å². The molecule has 2 heterocycles. The third-order valence-corrected chi connectivity index (χ3v) is 5.63. The van der Waals surface area contributed by atoms with E-state index in [-0.39, 0.29) is 18.6 Å². The number of carbonyl (C=O) groups is 1. The van der Waals surface area contributed by atoms with E-state index in [0.29, 0.717) is 13.1 Å². The summed E-state index contributed by atoms with van der Waals surface area (Å²) in [5.74, 6) is 1.59. The highest BCUT2D eigenvalue weighted by Crippen LogP contribution is 2.36. The fraction of sp³-hybridized carbons (Fsp3) is 0.250. The summed E-state index contributed by atoms with van der Waals surface area (Å²) >= 11 is 0. The summed E-state index contributed by atoms with van der Waals surface area (Å²) in [5.41, 5.74) is 4.39. The molecular weight excluding hydrogens is 364 g/mol. The van der Waals surface area contributed by atoms with Gasteiger partial charge in [0.2, 0.25) is 12.7 Å². The van der Waals surface area contributed by atoms with Gasteiger partial charge in [0.1, 0.15) is 0 Å². The number of fused-ring (bicyclic) bond motifs is 2. The molecule has 29 heavy (non-hydrogen) atoms. The molecule has 1 aliphatic carbocycles. The molecule has 0 N–H and O–H groups in total. The number of amides is 1. The van der Waals surface area contributed by atoms with Crippen molar-refractivity contribution in [2.75, 3.05) is 6.79 Å². The number of ether oxygens (including phenoxy) is 2. The topological polar surface area (TPSA) is 51.7 Å². The Labute approximate surface area is 169 Å². The summed E-state index contributed by atoms with van der Waals surface area (Å²) in [6.07, 6.45) is 3.35. The number of benzene rings is 2. The zero-order valence-corrected chi connectivity index (χ0v) is 16.1. The molecule has 1 amide bonds. The molecule has 0 saturated heterocycles. The number of carbonyl (C=O) groups excluding carboxylic acids is 1. The van der Waals surface area contributed by atoms with Gasteiger partial charge in [-0.3, -0.25) is 9.78 Å². The van der Waals surface area contributed by atoms with Crippen molar-refractivity contribution in [1.82, 2.24) is 9.88 Å². The number of hydrogen-bond donors (Lipinski definition) is 0. The van der Waals surface area contributed by atoms with Crippen molar-refractivity contribution in [1.29, 1.82) is 0 Å². The van der Waals surface area contributed by atoms with Gasteiger partial charge in [0.05, 0.1) is 12.2 Å². The maximum Gasteiger partial charge on any atom is 0.231 e. The minimum atomic E-state index is -0.0370. The molecule has 0 radical (unpaired) electrons. The minimum Gasteiger partial charge on any atom is -0.454 e. The molecule has 5 nitrogen and oxygen atoms in total. The van der Waals surface area contributed by atoms with Gasteiger partial charge in [-0.15, -0.1) is 0 Å². The van der Waals surface area contributed by atoms with Crippen LogP contribution in [0.1, 0.15) is 22.4 Å². The first-order valence-electron chi connectivity index (χ1n) is 9.91. The monoisotopic (exact) mass is 386 g/mol. The van der Waals surface area contributed by atoms with Crippen LogP contribution >= 0.6 is 0 Å². The number of rotatable bonds is 5. The quantitative estimate of drug-likeness (QED) is 0.670. The molecule has 2 aromatic carbocycles. The number of para-hydroxylation sites is 1. The Morgan fingerprint density at radius 1 is 0.931 bits per heavy atom. The van der Waals surface area contributed by atoms with Gasteiger partial charge in [0, 0.05) is 24.2 Å². The third kappa shape index (κ3) is 3.56. The predicted octanol–water partition coefficient (Wildman–Crippen LogP) is 3.75. The van der Waals surface area contributed by atoms with E-state index in [1.54, 1.807) is 6.20 Å². The smallest absolute Gasteiger partial charge is 0.231 e. The Morgan fingerprint density at radius 3 is 2.48 bits per heavy atom. The lowest BCUT2D eigenvalue weighted by atomic mass is 10.0. The Balaban J connectivity index is 1.41. The maximum absolute atomic E-state index is 13.5. The van der Waals surface area contributed by atoms with Crippen LogP contribution in [0.2, 0.25) is 0 Å². The Kier molecular flexibility index (Phi) is 4.64. The second-order valence-corrected chi connectivity index (χ2v) is 7.54. The van der Waals surface area contributed by atoms with E-state index in [4.69, 9.17) is 9.47 Å². The summed E-state index contributed by atoms with van der Waals surface area (Å²) in [6, 6.07) is 20.0. The molecule has 0 bridgehead atoms. The first kappa shape index (κ1) is 17.7. The van der Waals surface area contributed by atoms with E-state index >= 15 is 0 Å². The van der Waals surface area contributed by atoms with Gasteiger partial charge in [-0.25, -0.2) is 0 Å². The summed E-state index contributed by atoms with van der Waals surface area (Å²) in [4.78, 5) is 19.9. The number of nitrogens with zero attached hydrogens (tertiary/aromatic N) is 2. The van der Waals surface area contributed by atoms with Crippen LogP contribution in [-0.4, -0.2) is 22.6 Å². The van der Waals surface area contributed by atoms with Crippen LogP contribution in [0, 0.1) is 5.92 Å². The van der Waals surface area contributed by atoms with Crippen LogP contribution in [0.15, 0.2) is 66.9 Å². The molecule has 0 atom stereocenters. The highest BCUT2D eigenvalue weighted by atomic mass is 16.7. The van der Waals surface area contributed by atoms with Crippen LogP contribution in [0.3, 0.4) is 0 Å². The molecule has 0 saturated carbocycles. The molecule has 1 aromatic heterocycles. The van der Waals surface area contributed by atoms with Crippen molar-refractivity contribution in [2.24, 2.45) is 5.92 Å². The Hall–Kier alpha value is -3.34. The first-order valence-corrected chi connectivity index (χ1v) is 9.91. The predicted molar refractivity (Wildman–Crippen MR) is 108 cm³/mol. The van der Waals surface area contributed by atoms with E-state index in [1.807, 2.05) is 53.4 Å². The molecule has 5 heteroatoms. The highest BCUT2D eigenvalue weighted by molar-refractivity contribution is 5.80. The van der Waals surface area contributed by atoms with Crippen molar-refractivity contribution in [3.8, 4) is 11.5 Å². The normalized spacial score (nSPS) is 14.6. The molecule has 2 aliphatic rings. The SMILES string of the molecule is O=C(C1Cc2ccccc2C1)N(Cc1ccccn1)Cc1cccc2c1OCO2. The average molecular weight is 386 g/mol. The fourth-order valence-corrected chi connectivity index (χ4v) is 4.21. The van der Waals surface area contributed by atoms with Crippen molar-refractivity contribution >= 4 is 5.91 Å². The molecule has 1 aliphatic heterocycles. The fourth-order valence-electron chi connectivity index (χ4n) is 4.21. The maximum atomic E-state index is 13.5. The number of pyridine rings is 1. The highest BCUT2D eigenvalue weighted by Gasteiger charge is 2.31. The second kappa shape index (κ2) is 7.59. The summed E-state index contributed by atoms with van der Waals surface area (Å²) < 4.78 is 11.2. The molecule has 146 valence electrons. The van der Waals surface area contributed by atoms with Crippen molar-refractivity contribution in [3.63, 3.8) is 0 Å². The second-order valence-electron chi connectivity index (χ2n) is 7.54. The Morgan fingerprint density at radius 2 is 1.72 bits per heavy atom. The average Bonchev–Trinajstić information content (AvgIpc) is 3.41. The third-order valence-electron chi connectivity index (χ3n) is 5.63. The summed E-state index contributed by atoms with van der Waals surface area (Å²) in [6.45, 7) is 1.16. The van der Waals surface area contributed by atoms with E-state index < -0.39 is 0 Å². The van der Waals surface area contributed by atoms with Gasteiger partial charge in [0.25, 0.3) is 0 Å².